The molecule has 0 atom stereocenters. The zero-order valence-corrected chi connectivity index (χ0v) is 8.52. The number of carbonyl (C=O) groups is 1. The predicted molar refractivity (Wildman–Crippen MR) is 52.1 cm³/mol. The van der Waals surface area contributed by atoms with Crippen molar-refractivity contribution in [3.8, 4) is 0 Å². The lowest BCUT2D eigenvalue weighted by Crippen LogP contribution is -2.07. The van der Waals surface area contributed by atoms with E-state index in [1.165, 1.54) is 6.26 Å². The largest absolute Gasteiger partial charge is 0.459 e. The second kappa shape index (κ2) is 4.97. The Morgan fingerprint density at radius 2 is 2.46 bits per heavy atom. The Balaban J connectivity index is 2.45. The monoisotopic (exact) mass is 200 g/mol. The van der Waals surface area contributed by atoms with Gasteiger partial charge in [-0.15, -0.1) is 0 Å². The van der Waals surface area contributed by atoms with E-state index in [0.29, 0.717) is 12.4 Å². The number of thioether (sulfide) groups is 1. The van der Waals surface area contributed by atoms with Gasteiger partial charge in [-0.2, -0.15) is 11.8 Å². The molecule has 0 fully saturated rings. The van der Waals surface area contributed by atoms with Crippen molar-refractivity contribution < 1.29 is 13.9 Å². The summed E-state index contributed by atoms with van der Waals surface area (Å²) in [7, 11) is 0. The summed E-state index contributed by atoms with van der Waals surface area (Å²) in [5, 5.41) is 0. The van der Waals surface area contributed by atoms with Gasteiger partial charge in [0.2, 0.25) is 5.76 Å². The van der Waals surface area contributed by atoms with E-state index in [0.717, 1.165) is 11.3 Å². The summed E-state index contributed by atoms with van der Waals surface area (Å²) in [6, 6.07) is 1.74. The number of esters is 1. The SMILES string of the molecule is CSCCOC(=O)c1occc1C. The molecule has 1 rings (SSSR count). The molecule has 1 aromatic heterocycles. The second-order valence-electron chi connectivity index (χ2n) is 2.56. The van der Waals surface area contributed by atoms with Gasteiger partial charge < -0.3 is 9.15 Å². The molecule has 0 saturated carbocycles. The number of rotatable bonds is 4. The fraction of sp³-hybridized carbons (Fsp3) is 0.444. The van der Waals surface area contributed by atoms with Crippen molar-refractivity contribution in [2.24, 2.45) is 0 Å². The van der Waals surface area contributed by atoms with Crippen LogP contribution in [0.1, 0.15) is 16.1 Å². The minimum atomic E-state index is -0.378. The van der Waals surface area contributed by atoms with Gasteiger partial charge in [0.1, 0.15) is 6.61 Å². The zero-order chi connectivity index (χ0) is 9.68. The fourth-order valence-corrected chi connectivity index (χ4v) is 1.12. The third-order valence-corrected chi connectivity index (χ3v) is 2.14. The van der Waals surface area contributed by atoms with Crippen LogP contribution in [0.15, 0.2) is 16.7 Å². The quantitative estimate of drug-likeness (QED) is 0.551. The van der Waals surface area contributed by atoms with E-state index in [9.17, 15) is 4.79 Å². The van der Waals surface area contributed by atoms with Crippen molar-refractivity contribution in [2.75, 3.05) is 18.6 Å². The molecule has 0 unspecified atom stereocenters. The molecule has 0 bridgehead atoms. The Kier molecular flexibility index (Phi) is 3.89. The molecule has 13 heavy (non-hydrogen) atoms. The molecule has 0 aliphatic heterocycles. The van der Waals surface area contributed by atoms with Crippen LogP contribution in [0, 0.1) is 6.92 Å². The molecule has 1 heterocycles. The first-order valence-corrected chi connectivity index (χ1v) is 5.35. The maximum atomic E-state index is 11.3. The smallest absolute Gasteiger partial charge is 0.374 e. The van der Waals surface area contributed by atoms with Crippen molar-refractivity contribution in [2.45, 2.75) is 6.92 Å². The van der Waals surface area contributed by atoms with Crippen LogP contribution >= 0.6 is 11.8 Å². The standard InChI is InChI=1S/C9H12O3S/c1-7-3-4-11-8(7)9(10)12-5-6-13-2/h3-4H,5-6H2,1-2H3. The van der Waals surface area contributed by atoms with Gasteiger partial charge in [-0.05, 0) is 19.2 Å². The molecule has 0 aliphatic rings. The second-order valence-corrected chi connectivity index (χ2v) is 3.55. The van der Waals surface area contributed by atoms with Crippen molar-refractivity contribution in [3.63, 3.8) is 0 Å². The highest BCUT2D eigenvalue weighted by Crippen LogP contribution is 2.10. The van der Waals surface area contributed by atoms with Crippen LogP contribution < -0.4 is 0 Å². The first-order chi connectivity index (χ1) is 6.25. The van der Waals surface area contributed by atoms with Crippen LogP contribution in [0.2, 0.25) is 0 Å². The Labute approximate surface area is 81.4 Å². The molecule has 0 amide bonds. The third kappa shape index (κ3) is 2.81. The first-order valence-electron chi connectivity index (χ1n) is 3.96. The molecule has 3 nitrogen and oxygen atoms in total. The van der Waals surface area contributed by atoms with E-state index in [1.807, 2.05) is 13.2 Å². The van der Waals surface area contributed by atoms with Crippen LogP contribution in [0.3, 0.4) is 0 Å². The van der Waals surface area contributed by atoms with Crippen LogP contribution in [-0.2, 0) is 4.74 Å². The minimum absolute atomic E-state index is 0.307. The minimum Gasteiger partial charge on any atom is -0.459 e. The summed E-state index contributed by atoms with van der Waals surface area (Å²) in [4.78, 5) is 11.3. The molecule has 0 spiro atoms. The highest BCUT2D eigenvalue weighted by molar-refractivity contribution is 7.98. The number of aryl methyl sites for hydroxylation is 1. The molecular weight excluding hydrogens is 188 g/mol. The van der Waals surface area contributed by atoms with E-state index in [2.05, 4.69) is 0 Å². The summed E-state index contributed by atoms with van der Waals surface area (Å²) in [5.41, 5.74) is 0.814. The van der Waals surface area contributed by atoms with Gasteiger partial charge >= 0.3 is 5.97 Å². The van der Waals surface area contributed by atoms with Gasteiger partial charge in [-0.25, -0.2) is 4.79 Å². The van der Waals surface area contributed by atoms with Gasteiger partial charge in [0.25, 0.3) is 0 Å². The van der Waals surface area contributed by atoms with E-state index < -0.39 is 0 Å². The van der Waals surface area contributed by atoms with Crippen molar-refractivity contribution in [1.29, 1.82) is 0 Å². The average molecular weight is 200 g/mol. The van der Waals surface area contributed by atoms with Crippen molar-refractivity contribution in [1.82, 2.24) is 0 Å². The van der Waals surface area contributed by atoms with Crippen molar-refractivity contribution >= 4 is 17.7 Å². The maximum Gasteiger partial charge on any atom is 0.374 e. The van der Waals surface area contributed by atoms with Crippen LogP contribution in [0.4, 0.5) is 0 Å². The van der Waals surface area contributed by atoms with Gasteiger partial charge in [-0.1, -0.05) is 0 Å². The van der Waals surface area contributed by atoms with Crippen LogP contribution in [0.5, 0.6) is 0 Å². The van der Waals surface area contributed by atoms with Gasteiger partial charge in [0.15, 0.2) is 0 Å². The van der Waals surface area contributed by atoms with Crippen molar-refractivity contribution in [3.05, 3.63) is 23.7 Å². The Bertz CT molecular complexity index is 280. The first kappa shape index (κ1) is 10.2. The van der Waals surface area contributed by atoms with E-state index >= 15 is 0 Å². The topological polar surface area (TPSA) is 39.4 Å². The third-order valence-electron chi connectivity index (χ3n) is 1.57. The van der Waals surface area contributed by atoms with E-state index in [1.54, 1.807) is 17.8 Å². The number of furan rings is 1. The van der Waals surface area contributed by atoms with Gasteiger partial charge in [0.05, 0.1) is 6.26 Å². The summed E-state index contributed by atoms with van der Waals surface area (Å²) in [6.07, 6.45) is 3.45. The number of hydrogen-bond donors (Lipinski definition) is 0. The van der Waals surface area contributed by atoms with Gasteiger partial charge in [-0.3, -0.25) is 0 Å². The molecule has 0 aliphatic carbocycles. The summed E-state index contributed by atoms with van der Waals surface area (Å²) < 4.78 is 9.93. The molecule has 72 valence electrons. The molecule has 0 radical (unpaired) electrons. The molecule has 0 saturated heterocycles. The lowest BCUT2D eigenvalue weighted by atomic mass is 10.3. The molecule has 4 heteroatoms. The number of hydrogen-bond acceptors (Lipinski definition) is 4. The summed E-state index contributed by atoms with van der Waals surface area (Å²) >= 11 is 1.64. The maximum absolute atomic E-state index is 11.3. The zero-order valence-electron chi connectivity index (χ0n) is 7.70. The highest BCUT2D eigenvalue weighted by atomic mass is 32.2. The molecule has 1 aromatic rings. The lowest BCUT2D eigenvalue weighted by molar-refractivity contribution is 0.0493. The fourth-order valence-electron chi connectivity index (χ4n) is 0.865. The van der Waals surface area contributed by atoms with E-state index in [4.69, 9.17) is 9.15 Å². The van der Waals surface area contributed by atoms with Gasteiger partial charge in [0, 0.05) is 11.3 Å². The summed E-state index contributed by atoms with van der Waals surface area (Å²) in [5.74, 6) is 0.739. The highest BCUT2D eigenvalue weighted by Gasteiger charge is 2.13. The lowest BCUT2D eigenvalue weighted by Gasteiger charge is -2.01. The predicted octanol–water partition coefficient (Wildman–Crippen LogP) is 2.11. The van der Waals surface area contributed by atoms with Crippen LogP contribution in [0.25, 0.3) is 0 Å². The molecular formula is C9H12O3S. The summed E-state index contributed by atoms with van der Waals surface area (Å²) in [6.45, 7) is 2.24. The Morgan fingerprint density at radius 3 is 3.00 bits per heavy atom. The normalized spacial score (nSPS) is 10.0. The Hall–Kier alpha value is -0.900. The molecule has 0 aromatic carbocycles. The van der Waals surface area contributed by atoms with Crippen LogP contribution in [-0.4, -0.2) is 24.6 Å². The molecule has 0 N–H and O–H groups in total. The number of carbonyl (C=O) groups excluding carboxylic acids is 1. The Morgan fingerprint density at radius 1 is 1.69 bits per heavy atom. The number of ether oxygens (including phenoxy) is 1. The van der Waals surface area contributed by atoms with E-state index in [-0.39, 0.29) is 5.97 Å². The average Bonchev–Trinajstić information content (AvgIpc) is 2.52.